The summed E-state index contributed by atoms with van der Waals surface area (Å²) in [7, 11) is 0. The van der Waals surface area contributed by atoms with Gasteiger partial charge in [-0.3, -0.25) is 4.79 Å². The number of anilines is 1. The van der Waals surface area contributed by atoms with E-state index in [1.54, 1.807) is 17.7 Å². The zero-order valence-corrected chi connectivity index (χ0v) is 12.7. The topological polar surface area (TPSA) is 66.4 Å². The number of fused-ring (bicyclic) bond motifs is 1. The van der Waals surface area contributed by atoms with Crippen molar-refractivity contribution in [3.8, 4) is 0 Å². The molecule has 0 spiro atoms. The molecule has 0 fully saturated rings. The number of carboxylic acids is 1. The second-order valence-electron chi connectivity index (χ2n) is 4.53. The van der Waals surface area contributed by atoms with Crippen molar-refractivity contribution in [3.63, 3.8) is 0 Å². The van der Waals surface area contributed by atoms with Crippen LogP contribution in [0, 0.1) is 6.92 Å². The summed E-state index contributed by atoms with van der Waals surface area (Å²) >= 11 is 2.61. The second-order valence-corrected chi connectivity index (χ2v) is 6.32. The summed E-state index contributed by atoms with van der Waals surface area (Å²) in [6.45, 7) is 1.78. The molecule has 106 valence electrons. The van der Waals surface area contributed by atoms with E-state index in [2.05, 4.69) is 5.32 Å². The van der Waals surface area contributed by atoms with Gasteiger partial charge in [-0.05, 0) is 23.9 Å². The van der Waals surface area contributed by atoms with Gasteiger partial charge < -0.3 is 10.4 Å². The highest BCUT2D eigenvalue weighted by atomic mass is 32.1. The Morgan fingerprint density at radius 1 is 1.14 bits per heavy atom. The third-order valence-electron chi connectivity index (χ3n) is 3.13. The van der Waals surface area contributed by atoms with E-state index in [-0.39, 0.29) is 10.8 Å². The van der Waals surface area contributed by atoms with Gasteiger partial charge in [0.15, 0.2) is 0 Å². The van der Waals surface area contributed by atoms with E-state index in [9.17, 15) is 9.59 Å². The Labute approximate surface area is 128 Å². The Kier molecular flexibility index (Phi) is 3.48. The maximum absolute atomic E-state index is 12.4. The standard InChI is InChI=1S/C15H11NO3S2/c1-8-6-21-13(15(18)19)12(8)16-14(17)10-7-20-11-5-3-2-4-9(10)11/h2-7H,1H3,(H,16,17)(H,18,19). The van der Waals surface area contributed by atoms with E-state index in [1.165, 1.54) is 11.3 Å². The number of aryl methyl sites for hydroxylation is 1. The molecule has 0 saturated heterocycles. The van der Waals surface area contributed by atoms with Crippen LogP contribution < -0.4 is 5.32 Å². The zero-order chi connectivity index (χ0) is 15.0. The molecule has 0 unspecified atom stereocenters. The lowest BCUT2D eigenvalue weighted by molar-refractivity contribution is 0.0703. The first kappa shape index (κ1) is 13.8. The minimum Gasteiger partial charge on any atom is -0.477 e. The maximum atomic E-state index is 12.4. The second kappa shape index (κ2) is 5.31. The lowest BCUT2D eigenvalue weighted by Crippen LogP contribution is -2.13. The van der Waals surface area contributed by atoms with Gasteiger partial charge in [-0.25, -0.2) is 4.79 Å². The number of carbonyl (C=O) groups excluding carboxylic acids is 1. The molecule has 0 aliphatic heterocycles. The summed E-state index contributed by atoms with van der Waals surface area (Å²) in [5, 5.41) is 16.3. The predicted octanol–water partition coefficient (Wildman–Crippen LogP) is 4.22. The fourth-order valence-electron chi connectivity index (χ4n) is 2.09. The highest BCUT2D eigenvalue weighted by Crippen LogP contribution is 2.30. The van der Waals surface area contributed by atoms with Crippen molar-refractivity contribution >= 4 is 50.3 Å². The van der Waals surface area contributed by atoms with Crippen LogP contribution >= 0.6 is 22.7 Å². The minimum absolute atomic E-state index is 0.153. The first-order valence-corrected chi connectivity index (χ1v) is 7.93. The van der Waals surface area contributed by atoms with Crippen LogP contribution in [0.25, 0.3) is 10.1 Å². The summed E-state index contributed by atoms with van der Waals surface area (Å²) < 4.78 is 1.03. The predicted molar refractivity (Wildman–Crippen MR) is 85.8 cm³/mol. The van der Waals surface area contributed by atoms with Gasteiger partial charge in [0.1, 0.15) is 4.88 Å². The van der Waals surface area contributed by atoms with E-state index < -0.39 is 5.97 Å². The molecule has 1 amide bonds. The van der Waals surface area contributed by atoms with Gasteiger partial charge in [0, 0.05) is 15.5 Å². The molecular weight excluding hydrogens is 306 g/mol. The van der Waals surface area contributed by atoms with Crippen molar-refractivity contribution in [2.75, 3.05) is 5.32 Å². The van der Waals surface area contributed by atoms with Crippen LogP contribution in [0.5, 0.6) is 0 Å². The number of amides is 1. The van der Waals surface area contributed by atoms with Gasteiger partial charge in [0.05, 0.1) is 11.3 Å². The van der Waals surface area contributed by atoms with E-state index in [0.29, 0.717) is 11.3 Å². The van der Waals surface area contributed by atoms with Crippen LogP contribution in [-0.2, 0) is 0 Å². The molecule has 3 aromatic rings. The number of rotatable bonds is 3. The number of benzene rings is 1. The summed E-state index contributed by atoms with van der Waals surface area (Å²) in [6, 6.07) is 7.64. The molecule has 2 heterocycles. The fourth-order valence-corrected chi connectivity index (χ4v) is 3.88. The molecule has 0 bridgehead atoms. The highest BCUT2D eigenvalue weighted by Gasteiger charge is 2.19. The summed E-state index contributed by atoms with van der Waals surface area (Å²) in [6.07, 6.45) is 0. The van der Waals surface area contributed by atoms with Crippen molar-refractivity contribution in [1.82, 2.24) is 0 Å². The van der Waals surface area contributed by atoms with Crippen LogP contribution in [0.3, 0.4) is 0 Å². The fraction of sp³-hybridized carbons (Fsp3) is 0.0667. The first-order valence-electron chi connectivity index (χ1n) is 6.17. The molecular formula is C15H11NO3S2. The normalized spacial score (nSPS) is 10.7. The molecule has 1 aromatic carbocycles. The lowest BCUT2D eigenvalue weighted by atomic mass is 10.1. The van der Waals surface area contributed by atoms with Gasteiger partial charge in [-0.1, -0.05) is 18.2 Å². The Morgan fingerprint density at radius 2 is 1.90 bits per heavy atom. The number of hydrogen-bond acceptors (Lipinski definition) is 4. The molecule has 6 heteroatoms. The first-order chi connectivity index (χ1) is 10.1. The third kappa shape index (κ3) is 2.43. The Bertz CT molecular complexity index is 848. The number of nitrogens with one attached hydrogen (secondary N) is 1. The molecule has 0 saturated carbocycles. The van der Waals surface area contributed by atoms with Crippen LogP contribution in [0.4, 0.5) is 5.69 Å². The SMILES string of the molecule is Cc1csc(C(=O)O)c1NC(=O)c1csc2ccccc12. The van der Waals surface area contributed by atoms with Crippen LogP contribution in [0.2, 0.25) is 0 Å². The van der Waals surface area contributed by atoms with Gasteiger partial charge in [0.2, 0.25) is 0 Å². The quantitative estimate of drug-likeness (QED) is 0.760. The Balaban J connectivity index is 1.97. The van der Waals surface area contributed by atoms with Crippen molar-refractivity contribution in [2.45, 2.75) is 6.92 Å². The van der Waals surface area contributed by atoms with Crippen LogP contribution in [0.15, 0.2) is 35.0 Å². The molecule has 2 aromatic heterocycles. The van der Waals surface area contributed by atoms with Gasteiger partial charge >= 0.3 is 5.97 Å². The van der Waals surface area contributed by atoms with E-state index in [0.717, 1.165) is 27.0 Å². The number of aromatic carboxylic acids is 1. The van der Waals surface area contributed by atoms with Crippen molar-refractivity contribution in [1.29, 1.82) is 0 Å². The average Bonchev–Trinajstić information content (AvgIpc) is 3.03. The summed E-state index contributed by atoms with van der Waals surface area (Å²) in [5.74, 6) is -1.31. The molecule has 2 N–H and O–H groups in total. The minimum atomic E-state index is -1.03. The van der Waals surface area contributed by atoms with E-state index >= 15 is 0 Å². The van der Waals surface area contributed by atoms with Crippen molar-refractivity contribution in [2.24, 2.45) is 0 Å². The van der Waals surface area contributed by atoms with Crippen molar-refractivity contribution < 1.29 is 14.7 Å². The molecule has 21 heavy (non-hydrogen) atoms. The monoisotopic (exact) mass is 317 g/mol. The molecule has 0 radical (unpaired) electrons. The van der Waals surface area contributed by atoms with Gasteiger partial charge in [-0.2, -0.15) is 0 Å². The summed E-state index contributed by atoms with van der Waals surface area (Å²) in [5.41, 5.74) is 1.70. The van der Waals surface area contributed by atoms with Crippen LogP contribution in [-0.4, -0.2) is 17.0 Å². The van der Waals surface area contributed by atoms with Gasteiger partial charge in [0.25, 0.3) is 5.91 Å². The number of hydrogen-bond donors (Lipinski definition) is 2. The molecule has 4 nitrogen and oxygen atoms in total. The number of carbonyl (C=O) groups is 2. The Hall–Kier alpha value is -2.18. The van der Waals surface area contributed by atoms with Crippen molar-refractivity contribution in [3.05, 3.63) is 51.0 Å². The smallest absolute Gasteiger partial charge is 0.348 e. The third-order valence-corrected chi connectivity index (χ3v) is 5.18. The number of thiophene rings is 2. The average molecular weight is 317 g/mol. The zero-order valence-electron chi connectivity index (χ0n) is 11.0. The van der Waals surface area contributed by atoms with Crippen LogP contribution in [0.1, 0.15) is 25.6 Å². The maximum Gasteiger partial charge on any atom is 0.348 e. The molecule has 3 rings (SSSR count). The Morgan fingerprint density at radius 3 is 2.67 bits per heavy atom. The van der Waals surface area contributed by atoms with Gasteiger partial charge in [-0.15, -0.1) is 22.7 Å². The summed E-state index contributed by atoms with van der Waals surface area (Å²) in [4.78, 5) is 23.8. The highest BCUT2D eigenvalue weighted by molar-refractivity contribution is 7.17. The molecule has 0 aliphatic carbocycles. The number of carboxylic acid groups (broad SMARTS) is 1. The lowest BCUT2D eigenvalue weighted by Gasteiger charge is -2.05. The van der Waals surface area contributed by atoms with E-state index in [4.69, 9.17) is 5.11 Å². The molecule has 0 aliphatic rings. The largest absolute Gasteiger partial charge is 0.477 e. The molecule has 0 atom stereocenters. The van der Waals surface area contributed by atoms with E-state index in [1.807, 2.05) is 24.3 Å².